The number of hydrogen-bond acceptors (Lipinski definition) is 7. The van der Waals surface area contributed by atoms with Gasteiger partial charge in [-0.3, -0.25) is 19.1 Å². The van der Waals surface area contributed by atoms with E-state index in [4.69, 9.17) is 4.74 Å². The van der Waals surface area contributed by atoms with Crippen LogP contribution in [0.5, 0.6) is 0 Å². The third kappa shape index (κ3) is 2.54. The Morgan fingerprint density at radius 1 is 1.06 bits per heavy atom. The summed E-state index contributed by atoms with van der Waals surface area (Å²) in [6.07, 6.45) is 0.877. The molecule has 168 valence electrons. The Balaban J connectivity index is 1.49. The molecule has 3 aromatic rings. The molecular weight excluding hydrogens is 424 g/mol. The quantitative estimate of drug-likeness (QED) is 0.570. The molecule has 0 unspecified atom stereocenters. The average Bonchev–Trinajstić information content (AvgIpc) is 3.21. The van der Waals surface area contributed by atoms with Crippen LogP contribution < -0.4 is 10.5 Å². The lowest BCUT2D eigenvalue weighted by Gasteiger charge is -2.45. The number of carbonyl (C=O) groups is 2. The van der Waals surface area contributed by atoms with Crippen LogP contribution in [0.2, 0.25) is 0 Å². The molecule has 1 aromatic heterocycles. The van der Waals surface area contributed by atoms with E-state index in [1.165, 1.54) is 15.8 Å². The molecule has 1 N–H and O–H groups in total. The molecule has 33 heavy (non-hydrogen) atoms. The number of rotatable bonds is 1. The topological polar surface area (TPSA) is 105 Å². The molecule has 1 spiro atoms. The van der Waals surface area contributed by atoms with E-state index in [1.807, 2.05) is 24.3 Å². The molecule has 1 amide bonds. The molecule has 4 heterocycles. The van der Waals surface area contributed by atoms with Gasteiger partial charge in [0.15, 0.2) is 11.8 Å². The van der Waals surface area contributed by atoms with E-state index >= 15 is 0 Å². The van der Waals surface area contributed by atoms with Crippen molar-refractivity contribution in [1.82, 2.24) is 14.6 Å². The van der Waals surface area contributed by atoms with Gasteiger partial charge in [-0.1, -0.05) is 30.3 Å². The highest BCUT2D eigenvalue weighted by Gasteiger charge is 2.67. The van der Waals surface area contributed by atoms with Gasteiger partial charge in [-0.15, -0.1) is 0 Å². The Labute approximate surface area is 188 Å². The van der Waals surface area contributed by atoms with Crippen LogP contribution in [0.1, 0.15) is 31.9 Å². The lowest BCUT2D eigenvalue weighted by atomic mass is 9.82. The molecule has 3 aliphatic rings. The summed E-state index contributed by atoms with van der Waals surface area (Å²) in [7, 11) is 0. The maximum atomic E-state index is 13.3. The van der Waals surface area contributed by atoms with Crippen molar-refractivity contribution in [2.75, 3.05) is 4.90 Å². The van der Waals surface area contributed by atoms with E-state index in [0.717, 1.165) is 10.6 Å². The average molecular weight is 446 g/mol. The van der Waals surface area contributed by atoms with Crippen molar-refractivity contribution in [3.63, 3.8) is 0 Å². The molecule has 2 aromatic carbocycles. The summed E-state index contributed by atoms with van der Waals surface area (Å²) in [6.45, 7) is 3.27. The van der Waals surface area contributed by atoms with Crippen molar-refractivity contribution in [2.24, 2.45) is 0 Å². The molecular formula is C24H22N4O5. The van der Waals surface area contributed by atoms with Gasteiger partial charge in [-0.2, -0.15) is 5.06 Å². The lowest BCUT2D eigenvalue weighted by Crippen LogP contribution is -2.60. The number of esters is 1. The number of hydroxylamine groups is 2. The van der Waals surface area contributed by atoms with Crippen molar-refractivity contribution in [3.8, 4) is 0 Å². The molecule has 0 bridgehead atoms. The third-order valence-corrected chi connectivity index (χ3v) is 7.14. The number of carbonyl (C=O) groups excluding carboxylic acids is 2. The van der Waals surface area contributed by atoms with E-state index in [2.05, 4.69) is 4.98 Å². The van der Waals surface area contributed by atoms with Crippen LogP contribution in [0, 0.1) is 0 Å². The number of amides is 1. The highest BCUT2D eigenvalue weighted by molar-refractivity contribution is 6.04. The second kappa shape index (κ2) is 6.49. The van der Waals surface area contributed by atoms with Crippen molar-refractivity contribution in [2.45, 2.75) is 50.0 Å². The molecule has 0 radical (unpaired) electrons. The van der Waals surface area contributed by atoms with Crippen molar-refractivity contribution >= 4 is 28.5 Å². The van der Waals surface area contributed by atoms with Crippen LogP contribution in [0.4, 0.5) is 5.69 Å². The number of fused-ring (bicyclic) bond motifs is 5. The second-order valence-electron chi connectivity index (χ2n) is 9.44. The van der Waals surface area contributed by atoms with Gasteiger partial charge in [-0.25, -0.2) is 9.78 Å². The van der Waals surface area contributed by atoms with E-state index in [0.29, 0.717) is 23.0 Å². The number of aromatic nitrogens is 2. The van der Waals surface area contributed by atoms with Crippen molar-refractivity contribution in [3.05, 3.63) is 70.8 Å². The zero-order chi connectivity index (χ0) is 23.1. The molecule has 6 rings (SSSR count). The Morgan fingerprint density at radius 3 is 2.61 bits per heavy atom. The fourth-order valence-electron chi connectivity index (χ4n) is 5.43. The van der Waals surface area contributed by atoms with E-state index in [-0.39, 0.29) is 17.9 Å². The fourth-order valence-corrected chi connectivity index (χ4v) is 5.43. The summed E-state index contributed by atoms with van der Waals surface area (Å²) >= 11 is 0. The van der Waals surface area contributed by atoms with Crippen LogP contribution >= 0.6 is 0 Å². The number of hydrogen-bond donors (Lipinski definition) is 1. The van der Waals surface area contributed by atoms with Crippen molar-refractivity contribution in [1.29, 1.82) is 0 Å². The summed E-state index contributed by atoms with van der Waals surface area (Å²) in [4.78, 5) is 45.5. The SMILES string of the molecule is CC1(C)C(=O)N2c3ccccc3C[C@]3(C[C@@H](n4cnc5ccccc5c4=O)C(=O)O3)[C@H]2N1O. The standard InChI is InChI=1S/C24H22N4O5/c1-23(2)22(31)27-17-10-6-3-7-14(17)11-24(21(27)28(23)32)12-18(20(30)33-24)26-13-25-16-9-5-4-8-15(16)19(26)29/h3-10,13,18,21,32H,11-12H2,1-2H3/t18-,21-,24+/m1/s1. The highest BCUT2D eigenvalue weighted by atomic mass is 16.6. The van der Waals surface area contributed by atoms with Gasteiger partial charge in [0.25, 0.3) is 11.5 Å². The summed E-state index contributed by atoms with van der Waals surface area (Å²) < 4.78 is 7.28. The van der Waals surface area contributed by atoms with E-state index in [1.54, 1.807) is 38.1 Å². The first-order valence-corrected chi connectivity index (χ1v) is 10.8. The molecule has 0 aliphatic carbocycles. The van der Waals surface area contributed by atoms with E-state index < -0.39 is 29.3 Å². The lowest BCUT2D eigenvalue weighted by molar-refractivity contribution is -0.210. The highest BCUT2D eigenvalue weighted by Crippen LogP contribution is 2.51. The van der Waals surface area contributed by atoms with Gasteiger partial charge in [0, 0.05) is 18.5 Å². The Kier molecular flexibility index (Phi) is 3.95. The predicted molar refractivity (Wildman–Crippen MR) is 118 cm³/mol. The van der Waals surface area contributed by atoms with Gasteiger partial charge >= 0.3 is 5.97 Å². The number of para-hydroxylation sites is 2. The monoisotopic (exact) mass is 446 g/mol. The van der Waals surface area contributed by atoms with Gasteiger partial charge < -0.3 is 9.94 Å². The fraction of sp³-hybridized carbons (Fsp3) is 0.333. The molecule has 2 saturated heterocycles. The van der Waals surface area contributed by atoms with Crippen molar-refractivity contribution < 1.29 is 19.5 Å². The smallest absolute Gasteiger partial charge is 0.330 e. The first-order valence-electron chi connectivity index (χ1n) is 10.8. The minimum atomic E-state index is -1.22. The zero-order valence-corrected chi connectivity index (χ0v) is 18.1. The Hall–Kier alpha value is -3.56. The molecule has 3 aliphatic heterocycles. The zero-order valence-electron chi connectivity index (χ0n) is 18.1. The largest absolute Gasteiger partial charge is 0.453 e. The molecule has 0 saturated carbocycles. The van der Waals surface area contributed by atoms with E-state index in [9.17, 15) is 19.6 Å². The first-order chi connectivity index (χ1) is 15.7. The van der Waals surface area contributed by atoms with Gasteiger partial charge in [0.1, 0.15) is 11.6 Å². The molecule has 3 atom stereocenters. The van der Waals surface area contributed by atoms with Gasteiger partial charge in [0.05, 0.1) is 17.2 Å². The third-order valence-electron chi connectivity index (χ3n) is 7.14. The number of benzene rings is 2. The number of nitrogens with zero attached hydrogens (tertiary/aromatic N) is 4. The predicted octanol–water partition coefficient (Wildman–Crippen LogP) is 2.02. The van der Waals surface area contributed by atoms with Crippen LogP contribution in [0.15, 0.2) is 59.7 Å². The second-order valence-corrected chi connectivity index (χ2v) is 9.44. The van der Waals surface area contributed by atoms with Gasteiger partial charge in [-0.05, 0) is 37.6 Å². The normalized spacial score (nSPS) is 28.3. The first kappa shape index (κ1) is 20.1. The van der Waals surface area contributed by atoms with Crippen LogP contribution in [0.3, 0.4) is 0 Å². The molecule has 2 fully saturated rings. The molecule has 9 nitrogen and oxygen atoms in total. The maximum absolute atomic E-state index is 13.3. The molecule has 9 heteroatoms. The van der Waals surface area contributed by atoms with Crippen LogP contribution in [-0.2, 0) is 20.7 Å². The summed E-state index contributed by atoms with van der Waals surface area (Å²) in [5.41, 5.74) is -0.698. The van der Waals surface area contributed by atoms with Crippen LogP contribution in [-0.4, -0.2) is 49.0 Å². The Morgan fingerprint density at radius 2 is 1.79 bits per heavy atom. The minimum Gasteiger partial charge on any atom is -0.453 e. The van der Waals surface area contributed by atoms with Gasteiger partial charge in [0.2, 0.25) is 0 Å². The maximum Gasteiger partial charge on any atom is 0.330 e. The number of anilines is 1. The summed E-state index contributed by atoms with van der Waals surface area (Å²) in [5, 5.41) is 12.5. The Bertz CT molecular complexity index is 1400. The minimum absolute atomic E-state index is 0.113. The summed E-state index contributed by atoms with van der Waals surface area (Å²) in [5.74, 6) is -0.871. The van der Waals surface area contributed by atoms with Crippen LogP contribution in [0.25, 0.3) is 10.9 Å². The summed E-state index contributed by atoms with van der Waals surface area (Å²) in [6, 6.07) is 13.4. The number of ether oxygens (including phenoxy) is 1.